The smallest absolute Gasteiger partial charge is 0.262 e. The first-order chi connectivity index (χ1) is 14.3. The van der Waals surface area contributed by atoms with Crippen molar-refractivity contribution in [3.8, 4) is 0 Å². The molecule has 6 nitrogen and oxygen atoms in total. The van der Waals surface area contributed by atoms with Crippen molar-refractivity contribution in [1.82, 2.24) is 10.2 Å². The van der Waals surface area contributed by atoms with Crippen molar-refractivity contribution in [3.05, 3.63) is 51.2 Å². The zero-order chi connectivity index (χ0) is 21.7. The van der Waals surface area contributed by atoms with E-state index in [4.69, 9.17) is 4.74 Å². The zero-order valence-electron chi connectivity index (χ0n) is 18.2. The van der Waals surface area contributed by atoms with Gasteiger partial charge < -0.3 is 20.3 Å². The summed E-state index contributed by atoms with van der Waals surface area (Å²) in [6.45, 7) is 7.93. The number of anilines is 1. The summed E-state index contributed by atoms with van der Waals surface area (Å²) in [5, 5.41) is 5.79. The van der Waals surface area contributed by atoms with E-state index < -0.39 is 6.04 Å². The van der Waals surface area contributed by atoms with Gasteiger partial charge in [-0.2, -0.15) is 0 Å². The van der Waals surface area contributed by atoms with E-state index in [2.05, 4.69) is 34.7 Å². The molecule has 1 aliphatic rings. The van der Waals surface area contributed by atoms with Gasteiger partial charge in [-0.25, -0.2) is 0 Å². The minimum atomic E-state index is -0.771. The maximum absolute atomic E-state index is 13.0. The number of benzene rings is 1. The molecule has 1 atom stereocenters. The number of hydrogen-bond donors (Lipinski definition) is 2. The van der Waals surface area contributed by atoms with Crippen molar-refractivity contribution < 1.29 is 14.3 Å². The lowest BCUT2D eigenvalue weighted by Gasteiger charge is -2.20. The van der Waals surface area contributed by atoms with Gasteiger partial charge in [-0.1, -0.05) is 6.07 Å². The SMILES string of the molecule is Cc1ccc(C(=O)NC(COC(C)C)C(=O)Nc2ccc3c(c2)CCN(C)CC3)s1. The van der Waals surface area contributed by atoms with Crippen LogP contribution >= 0.6 is 11.3 Å². The van der Waals surface area contributed by atoms with Crippen LogP contribution in [0.15, 0.2) is 30.3 Å². The molecule has 0 saturated carbocycles. The van der Waals surface area contributed by atoms with Crippen LogP contribution in [0, 0.1) is 6.92 Å². The van der Waals surface area contributed by atoms with E-state index in [1.165, 1.54) is 22.5 Å². The lowest BCUT2D eigenvalue weighted by Crippen LogP contribution is -2.47. The van der Waals surface area contributed by atoms with Crippen molar-refractivity contribution in [3.63, 3.8) is 0 Å². The third kappa shape index (κ3) is 6.14. The van der Waals surface area contributed by atoms with E-state index in [0.29, 0.717) is 4.88 Å². The molecule has 0 spiro atoms. The molecule has 0 aliphatic carbocycles. The molecule has 1 aromatic heterocycles. The molecular formula is C23H31N3O3S. The van der Waals surface area contributed by atoms with Gasteiger partial charge in [0.05, 0.1) is 17.6 Å². The fourth-order valence-electron chi connectivity index (χ4n) is 3.40. The minimum Gasteiger partial charge on any atom is -0.376 e. The fourth-order valence-corrected chi connectivity index (χ4v) is 4.17. The van der Waals surface area contributed by atoms with E-state index in [1.54, 1.807) is 6.07 Å². The number of nitrogens with one attached hydrogen (secondary N) is 2. The molecule has 0 radical (unpaired) electrons. The lowest BCUT2D eigenvalue weighted by molar-refractivity contribution is -0.119. The number of nitrogens with zero attached hydrogens (tertiary/aromatic N) is 1. The predicted octanol–water partition coefficient (Wildman–Crippen LogP) is 3.25. The highest BCUT2D eigenvalue weighted by molar-refractivity contribution is 7.13. The van der Waals surface area contributed by atoms with Gasteiger partial charge in [-0.15, -0.1) is 11.3 Å². The van der Waals surface area contributed by atoms with Crippen molar-refractivity contribution in [2.75, 3.05) is 32.1 Å². The van der Waals surface area contributed by atoms with E-state index in [9.17, 15) is 9.59 Å². The van der Waals surface area contributed by atoms with Gasteiger partial charge in [-0.05, 0) is 76.1 Å². The summed E-state index contributed by atoms with van der Waals surface area (Å²) in [5.41, 5.74) is 3.35. The van der Waals surface area contributed by atoms with Crippen molar-refractivity contribution in [2.45, 2.75) is 45.8 Å². The minimum absolute atomic E-state index is 0.0364. The molecule has 3 rings (SSSR count). The standard InChI is InChI=1S/C23H31N3O3S/c1-15(2)29-14-20(25-23(28)21-8-5-16(3)30-21)22(27)24-19-7-6-17-9-11-26(4)12-10-18(17)13-19/h5-8,13,15,20H,9-12,14H2,1-4H3,(H,24,27)(H,25,28). The number of thiophene rings is 1. The summed E-state index contributed by atoms with van der Waals surface area (Å²) in [6, 6.07) is 8.98. The Morgan fingerprint density at radius 1 is 1.13 bits per heavy atom. The third-order valence-electron chi connectivity index (χ3n) is 5.18. The number of ether oxygens (including phenoxy) is 1. The van der Waals surface area contributed by atoms with Crippen LogP contribution in [0.4, 0.5) is 5.69 Å². The molecule has 0 bridgehead atoms. The number of fused-ring (bicyclic) bond motifs is 1. The molecule has 2 N–H and O–H groups in total. The van der Waals surface area contributed by atoms with Crippen molar-refractivity contribution in [2.24, 2.45) is 0 Å². The Morgan fingerprint density at radius 3 is 2.53 bits per heavy atom. The average Bonchev–Trinajstić information content (AvgIpc) is 3.05. The number of carbonyl (C=O) groups excluding carboxylic acids is 2. The van der Waals surface area contributed by atoms with E-state index in [-0.39, 0.29) is 24.5 Å². The van der Waals surface area contributed by atoms with Crippen LogP contribution in [0.1, 0.15) is 39.5 Å². The first kappa shape index (κ1) is 22.5. The Bertz CT molecular complexity index is 894. The van der Waals surface area contributed by atoms with E-state index in [0.717, 1.165) is 36.5 Å². The lowest BCUT2D eigenvalue weighted by atomic mass is 10.0. The molecule has 7 heteroatoms. The normalized spacial score (nSPS) is 15.4. The van der Waals surface area contributed by atoms with Gasteiger partial charge in [-0.3, -0.25) is 9.59 Å². The molecular weight excluding hydrogens is 398 g/mol. The highest BCUT2D eigenvalue weighted by Gasteiger charge is 2.23. The summed E-state index contributed by atoms with van der Waals surface area (Å²) in [4.78, 5) is 29.5. The van der Waals surface area contributed by atoms with Crippen LogP contribution < -0.4 is 10.6 Å². The Kier molecular flexibility index (Phi) is 7.64. The molecule has 162 valence electrons. The third-order valence-corrected chi connectivity index (χ3v) is 6.18. The van der Waals surface area contributed by atoms with Crippen LogP contribution in [-0.2, 0) is 22.4 Å². The van der Waals surface area contributed by atoms with Crippen LogP contribution in [-0.4, -0.2) is 55.6 Å². The predicted molar refractivity (Wildman–Crippen MR) is 121 cm³/mol. The number of amides is 2. The maximum atomic E-state index is 13.0. The van der Waals surface area contributed by atoms with Gasteiger partial charge in [0, 0.05) is 23.7 Å². The van der Waals surface area contributed by atoms with Gasteiger partial charge in [0.2, 0.25) is 5.91 Å². The fraction of sp³-hybridized carbons (Fsp3) is 0.478. The van der Waals surface area contributed by atoms with Crippen molar-refractivity contribution in [1.29, 1.82) is 0 Å². The summed E-state index contributed by atoms with van der Waals surface area (Å²) in [5.74, 6) is -0.534. The van der Waals surface area contributed by atoms with Crippen LogP contribution in [0.5, 0.6) is 0 Å². The summed E-state index contributed by atoms with van der Waals surface area (Å²) < 4.78 is 5.65. The van der Waals surface area contributed by atoms with E-state index in [1.807, 2.05) is 32.9 Å². The summed E-state index contributed by atoms with van der Waals surface area (Å²) >= 11 is 1.41. The molecule has 1 aromatic carbocycles. The largest absolute Gasteiger partial charge is 0.376 e. The Morgan fingerprint density at radius 2 is 1.87 bits per heavy atom. The van der Waals surface area contributed by atoms with Gasteiger partial charge in [0.25, 0.3) is 5.91 Å². The first-order valence-corrected chi connectivity index (χ1v) is 11.2. The number of hydrogen-bond acceptors (Lipinski definition) is 5. The number of aryl methyl sites for hydroxylation is 1. The van der Waals surface area contributed by atoms with Crippen LogP contribution in [0.2, 0.25) is 0 Å². The molecule has 0 saturated heterocycles. The maximum Gasteiger partial charge on any atom is 0.262 e. The first-order valence-electron chi connectivity index (χ1n) is 10.4. The second-order valence-electron chi connectivity index (χ2n) is 8.09. The van der Waals surface area contributed by atoms with Gasteiger partial charge in [0.15, 0.2) is 0 Å². The highest BCUT2D eigenvalue weighted by Crippen LogP contribution is 2.20. The Labute approximate surface area is 182 Å². The second kappa shape index (κ2) is 10.2. The zero-order valence-corrected chi connectivity index (χ0v) is 19.0. The molecule has 2 aromatic rings. The average molecular weight is 430 g/mol. The quantitative estimate of drug-likeness (QED) is 0.709. The summed E-state index contributed by atoms with van der Waals surface area (Å²) in [7, 11) is 2.13. The second-order valence-corrected chi connectivity index (χ2v) is 9.38. The topological polar surface area (TPSA) is 70.7 Å². The molecule has 30 heavy (non-hydrogen) atoms. The monoisotopic (exact) mass is 429 g/mol. The van der Waals surface area contributed by atoms with Crippen molar-refractivity contribution >= 4 is 28.8 Å². The highest BCUT2D eigenvalue weighted by atomic mass is 32.1. The number of likely N-dealkylation sites (N-methyl/N-ethyl adjacent to an activating group) is 1. The molecule has 2 heterocycles. The molecule has 2 amide bonds. The van der Waals surface area contributed by atoms with Gasteiger partial charge in [0.1, 0.15) is 6.04 Å². The van der Waals surface area contributed by atoms with Gasteiger partial charge >= 0.3 is 0 Å². The molecule has 1 unspecified atom stereocenters. The van der Waals surface area contributed by atoms with Crippen LogP contribution in [0.25, 0.3) is 0 Å². The number of rotatable bonds is 7. The van der Waals surface area contributed by atoms with E-state index >= 15 is 0 Å². The van der Waals surface area contributed by atoms with Crippen LogP contribution in [0.3, 0.4) is 0 Å². The summed E-state index contributed by atoms with van der Waals surface area (Å²) in [6.07, 6.45) is 1.94. The molecule has 1 aliphatic heterocycles. The molecule has 0 fully saturated rings. The Balaban J connectivity index is 1.70. The Hall–Kier alpha value is -2.22. The number of carbonyl (C=O) groups is 2.